The predicted molar refractivity (Wildman–Crippen MR) is 67.4 cm³/mol. The molecule has 16 heavy (non-hydrogen) atoms. The van der Waals surface area contributed by atoms with Crippen LogP contribution in [0, 0.1) is 0 Å². The van der Waals surface area contributed by atoms with Gasteiger partial charge in [0.25, 0.3) is 0 Å². The Morgan fingerprint density at radius 1 is 1.38 bits per heavy atom. The second-order valence-electron chi connectivity index (χ2n) is 5.67. The lowest BCUT2D eigenvalue weighted by Gasteiger charge is -2.42. The molecule has 0 aliphatic carbocycles. The Balaban J connectivity index is 3.09. The Labute approximate surface area is 99.6 Å². The Bertz CT molecular complexity index is 279. The first-order chi connectivity index (χ1) is 7.28. The Morgan fingerprint density at radius 2 is 1.94 bits per heavy atom. The van der Waals surface area contributed by atoms with Crippen molar-refractivity contribution < 1.29 is 4.79 Å². The largest absolute Gasteiger partial charge is 0.341 e. The first kappa shape index (κ1) is 13.5. The highest BCUT2D eigenvalue weighted by Crippen LogP contribution is 2.30. The van der Waals surface area contributed by atoms with Crippen molar-refractivity contribution in [3.8, 4) is 0 Å². The number of likely N-dealkylation sites (N-methyl/N-ethyl adjacent to an activating group) is 1. The van der Waals surface area contributed by atoms with Gasteiger partial charge in [0.05, 0.1) is 0 Å². The van der Waals surface area contributed by atoms with Gasteiger partial charge in [0.15, 0.2) is 0 Å². The third-order valence-electron chi connectivity index (χ3n) is 4.54. The monoisotopic (exact) mass is 226 g/mol. The Morgan fingerprint density at radius 3 is 2.38 bits per heavy atom. The molecule has 0 aromatic rings. The summed E-state index contributed by atoms with van der Waals surface area (Å²) < 4.78 is 0. The van der Waals surface area contributed by atoms with Gasteiger partial charge in [0.2, 0.25) is 5.91 Å². The van der Waals surface area contributed by atoms with Crippen molar-refractivity contribution in [3.05, 3.63) is 0 Å². The van der Waals surface area contributed by atoms with Crippen molar-refractivity contribution in [3.63, 3.8) is 0 Å². The molecule has 0 radical (unpaired) electrons. The summed E-state index contributed by atoms with van der Waals surface area (Å²) >= 11 is 0. The molecule has 1 rings (SSSR count). The molecule has 3 nitrogen and oxygen atoms in total. The molecule has 1 saturated heterocycles. The zero-order chi connectivity index (χ0) is 12.6. The third-order valence-corrected chi connectivity index (χ3v) is 4.54. The molecule has 1 aliphatic rings. The van der Waals surface area contributed by atoms with Crippen LogP contribution in [0.1, 0.15) is 53.9 Å². The molecule has 0 bridgehead atoms. The summed E-state index contributed by atoms with van der Waals surface area (Å²) in [5.74, 6) is 0.251. The number of carbonyl (C=O) groups is 1. The van der Waals surface area contributed by atoms with Crippen LogP contribution in [0.3, 0.4) is 0 Å². The lowest BCUT2D eigenvalue weighted by Crippen LogP contribution is -2.60. The normalized spacial score (nSPS) is 41.0. The second-order valence-corrected chi connectivity index (χ2v) is 5.67. The number of rotatable bonds is 2. The third kappa shape index (κ3) is 2.24. The molecule has 1 amide bonds. The molecule has 1 N–H and O–H groups in total. The molecule has 1 aliphatic heterocycles. The maximum Gasteiger partial charge on any atom is 0.224 e. The SMILES string of the molecule is CCC1(C)CC(=O)N(C)C(C)C(C)(CC)N1. The molecular formula is C13H26N2O. The van der Waals surface area contributed by atoms with Crippen LogP contribution in [-0.2, 0) is 4.79 Å². The van der Waals surface area contributed by atoms with Crippen molar-refractivity contribution >= 4 is 5.91 Å². The van der Waals surface area contributed by atoms with E-state index in [0.29, 0.717) is 6.42 Å². The van der Waals surface area contributed by atoms with E-state index in [1.807, 2.05) is 11.9 Å². The van der Waals surface area contributed by atoms with Gasteiger partial charge >= 0.3 is 0 Å². The van der Waals surface area contributed by atoms with Gasteiger partial charge < -0.3 is 10.2 Å². The minimum Gasteiger partial charge on any atom is -0.341 e. The van der Waals surface area contributed by atoms with Gasteiger partial charge in [-0.3, -0.25) is 4.79 Å². The maximum atomic E-state index is 12.1. The summed E-state index contributed by atoms with van der Waals surface area (Å²) in [6, 6.07) is 0.235. The maximum absolute atomic E-state index is 12.1. The summed E-state index contributed by atoms with van der Waals surface area (Å²) in [5, 5.41) is 3.72. The fourth-order valence-electron chi connectivity index (χ4n) is 2.54. The molecule has 0 aromatic carbocycles. The first-order valence-electron chi connectivity index (χ1n) is 6.33. The van der Waals surface area contributed by atoms with E-state index in [2.05, 4.69) is 39.9 Å². The van der Waals surface area contributed by atoms with Gasteiger partial charge in [-0.05, 0) is 33.6 Å². The highest BCUT2D eigenvalue weighted by atomic mass is 16.2. The van der Waals surface area contributed by atoms with Crippen LogP contribution >= 0.6 is 0 Å². The van der Waals surface area contributed by atoms with E-state index < -0.39 is 0 Å². The van der Waals surface area contributed by atoms with Gasteiger partial charge in [-0.15, -0.1) is 0 Å². The average Bonchev–Trinajstić information content (AvgIpc) is 2.31. The van der Waals surface area contributed by atoms with Gasteiger partial charge in [0.1, 0.15) is 0 Å². The molecule has 3 atom stereocenters. The molecule has 3 heteroatoms. The quantitative estimate of drug-likeness (QED) is 0.782. The van der Waals surface area contributed by atoms with E-state index in [0.717, 1.165) is 12.8 Å². The second kappa shape index (κ2) is 4.36. The zero-order valence-corrected chi connectivity index (χ0v) is 11.6. The number of nitrogens with zero attached hydrogens (tertiary/aromatic N) is 1. The summed E-state index contributed by atoms with van der Waals surface area (Å²) in [5.41, 5.74) is -0.0630. The van der Waals surface area contributed by atoms with Crippen LogP contribution in [-0.4, -0.2) is 35.0 Å². The summed E-state index contributed by atoms with van der Waals surface area (Å²) in [4.78, 5) is 14.0. The standard InChI is InChI=1S/C13H26N2O/c1-7-12(4)9-11(16)15(6)10(3)13(5,8-2)14-12/h10,14H,7-9H2,1-6H3. The Hall–Kier alpha value is -0.570. The van der Waals surface area contributed by atoms with E-state index in [9.17, 15) is 4.79 Å². The van der Waals surface area contributed by atoms with Crippen LogP contribution in [0.5, 0.6) is 0 Å². The van der Waals surface area contributed by atoms with Crippen molar-refractivity contribution in [1.29, 1.82) is 0 Å². The highest BCUT2D eigenvalue weighted by molar-refractivity contribution is 5.78. The molecular weight excluding hydrogens is 200 g/mol. The number of amides is 1. The fourth-order valence-corrected chi connectivity index (χ4v) is 2.54. The van der Waals surface area contributed by atoms with E-state index in [4.69, 9.17) is 0 Å². The predicted octanol–water partition coefficient (Wildman–Crippen LogP) is 2.16. The van der Waals surface area contributed by atoms with Gasteiger partial charge in [-0.25, -0.2) is 0 Å². The molecule has 0 spiro atoms. The number of hydrogen-bond donors (Lipinski definition) is 1. The molecule has 0 aromatic heterocycles. The van der Waals surface area contributed by atoms with Crippen molar-refractivity contribution in [2.24, 2.45) is 0 Å². The average molecular weight is 226 g/mol. The lowest BCUT2D eigenvalue weighted by molar-refractivity contribution is -0.132. The molecule has 0 saturated carbocycles. The number of carbonyl (C=O) groups excluding carboxylic acids is 1. The van der Waals surface area contributed by atoms with Gasteiger partial charge in [0, 0.05) is 30.6 Å². The van der Waals surface area contributed by atoms with E-state index >= 15 is 0 Å². The lowest BCUT2D eigenvalue weighted by atomic mass is 9.86. The molecule has 3 unspecified atom stereocenters. The van der Waals surface area contributed by atoms with Gasteiger partial charge in [-0.2, -0.15) is 0 Å². The van der Waals surface area contributed by atoms with Crippen molar-refractivity contribution in [2.45, 2.75) is 71.0 Å². The minimum atomic E-state index is -0.0686. The van der Waals surface area contributed by atoms with Crippen LogP contribution in [0.2, 0.25) is 0 Å². The fraction of sp³-hybridized carbons (Fsp3) is 0.923. The highest BCUT2D eigenvalue weighted by Gasteiger charge is 2.43. The minimum absolute atomic E-state index is 0.00562. The van der Waals surface area contributed by atoms with Crippen LogP contribution in [0.25, 0.3) is 0 Å². The summed E-state index contributed by atoms with van der Waals surface area (Å²) in [6.07, 6.45) is 2.61. The summed E-state index contributed by atoms with van der Waals surface area (Å²) in [6.45, 7) is 10.8. The van der Waals surface area contributed by atoms with Gasteiger partial charge in [-0.1, -0.05) is 13.8 Å². The topological polar surface area (TPSA) is 32.3 Å². The summed E-state index contributed by atoms with van der Waals surface area (Å²) in [7, 11) is 1.92. The van der Waals surface area contributed by atoms with E-state index in [1.54, 1.807) is 0 Å². The van der Waals surface area contributed by atoms with Crippen molar-refractivity contribution in [2.75, 3.05) is 7.05 Å². The van der Waals surface area contributed by atoms with Crippen LogP contribution in [0.15, 0.2) is 0 Å². The van der Waals surface area contributed by atoms with Crippen LogP contribution in [0.4, 0.5) is 0 Å². The number of nitrogens with one attached hydrogen (secondary N) is 1. The first-order valence-corrected chi connectivity index (χ1v) is 6.33. The van der Waals surface area contributed by atoms with Crippen molar-refractivity contribution in [1.82, 2.24) is 10.2 Å². The Kier molecular flexibility index (Phi) is 3.68. The van der Waals surface area contributed by atoms with E-state index in [1.165, 1.54) is 0 Å². The molecule has 1 heterocycles. The zero-order valence-electron chi connectivity index (χ0n) is 11.6. The molecule has 1 fully saturated rings. The smallest absolute Gasteiger partial charge is 0.224 e. The van der Waals surface area contributed by atoms with E-state index in [-0.39, 0.29) is 23.0 Å². The molecule has 94 valence electrons. The van der Waals surface area contributed by atoms with Crippen LogP contribution < -0.4 is 5.32 Å². The number of hydrogen-bond acceptors (Lipinski definition) is 2.